The largest absolute Gasteiger partial charge is 0.381 e. The third kappa shape index (κ3) is 3.60. The number of aryl methyl sites for hydroxylation is 1. The minimum Gasteiger partial charge on any atom is -0.381 e. The zero-order valence-corrected chi connectivity index (χ0v) is 15.6. The lowest BCUT2D eigenvalue weighted by Gasteiger charge is -2.28. The molecular weight excluding hydrogens is 340 g/mol. The lowest BCUT2D eigenvalue weighted by molar-refractivity contribution is -0.0151. The van der Waals surface area contributed by atoms with Crippen LogP contribution in [0.15, 0.2) is 5.38 Å². The molecule has 1 aromatic rings. The van der Waals surface area contributed by atoms with Gasteiger partial charge in [0, 0.05) is 49.6 Å². The molecule has 3 fully saturated rings. The highest BCUT2D eigenvalue weighted by Crippen LogP contribution is 2.42. The van der Waals surface area contributed by atoms with Crippen molar-refractivity contribution in [3.05, 3.63) is 16.1 Å². The van der Waals surface area contributed by atoms with E-state index < -0.39 is 0 Å². The van der Waals surface area contributed by atoms with Crippen molar-refractivity contribution in [2.75, 3.05) is 52.7 Å². The van der Waals surface area contributed by atoms with Gasteiger partial charge in [0.05, 0.1) is 24.8 Å². The van der Waals surface area contributed by atoms with Crippen LogP contribution in [0.3, 0.4) is 0 Å². The fraction of sp³-hybridized carbons (Fsp3) is 0.778. The van der Waals surface area contributed by atoms with E-state index in [-0.39, 0.29) is 11.3 Å². The van der Waals surface area contributed by atoms with Crippen LogP contribution in [0.25, 0.3) is 0 Å². The lowest BCUT2D eigenvalue weighted by atomic mass is 9.82. The first-order valence-electron chi connectivity index (χ1n) is 9.11. The van der Waals surface area contributed by atoms with E-state index in [1.54, 1.807) is 0 Å². The third-order valence-electron chi connectivity index (χ3n) is 5.73. The van der Waals surface area contributed by atoms with Crippen LogP contribution in [0.4, 0.5) is 0 Å². The van der Waals surface area contributed by atoms with Crippen LogP contribution in [0.2, 0.25) is 0 Å². The number of ether oxygens (including phenoxy) is 3. The van der Waals surface area contributed by atoms with Gasteiger partial charge in [-0.3, -0.25) is 4.79 Å². The Hall–Kier alpha value is -1.02. The summed E-state index contributed by atoms with van der Waals surface area (Å²) in [4.78, 5) is 19.0. The molecule has 4 heterocycles. The number of aromatic nitrogens is 1. The second-order valence-electron chi connectivity index (χ2n) is 7.58. The Morgan fingerprint density at radius 2 is 2.28 bits per heavy atom. The highest BCUT2D eigenvalue weighted by atomic mass is 32.1. The Morgan fingerprint density at radius 3 is 3.04 bits per heavy atom. The van der Waals surface area contributed by atoms with Crippen molar-refractivity contribution in [2.45, 2.75) is 19.8 Å². The maximum atomic E-state index is 12.7. The number of carbonyl (C=O) groups excluding carboxylic acids is 1. The van der Waals surface area contributed by atoms with Gasteiger partial charge in [-0.1, -0.05) is 0 Å². The lowest BCUT2D eigenvalue weighted by Crippen LogP contribution is -2.38. The first-order valence-corrected chi connectivity index (χ1v) is 9.99. The average Bonchev–Trinajstić information content (AvgIpc) is 3.29. The molecular formula is C18H26N2O4S. The molecule has 4 rings (SSSR count). The molecule has 3 saturated heterocycles. The molecule has 0 spiro atoms. The number of hydrogen-bond donors (Lipinski definition) is 0. The van der Waals surface area contributed by atoms with Gasteiger partial charge >= 0.3 is 0 Å². The molecule has 3 aliphatic heterocycles. The maximum absolute atomic E-state index is 12.7. The fourth-order valence-corrected chi connectivity index (χ4v) is 4.74. The first-order chi connectivity index (χ1) is 12.2. The Morgan fingerprint density at radius 1 is 1.44 bits per heavy atom. The van der Waals surface area contributed by atoms with Crippen molar-refractivity contribution in [1.82, 2.24) is 9.88 Å². The number of amides is 1. The molecule has 138 valence electrons. The van der Waals surface area contributed by atoms with Crippen LogP contribution in [-0.2, 0) is 14.2 Å². The highest BCUT2D eigenvalue weighted by molar-refractivity contribution is 7.09. The van der Waals surface area contributed by atoms with Gasteiger partial charge in [0.2, 0.25) is 0 Å². The van der Waals surface area contributed by atoms with Gasteiger partial charge in [0.15, 0.2) is 0 Å². The van der Waals surface area contributed by atoms with Crippen LogP contribution in [0, 0.1) is 24.2 Å². The average molecular weight is 366 g/mol. The summed E-state index contributed by atoms with van der Waals surface area (Å²) in [5.41, 5.74) is 0.521. The third-order valence-corrected chi connectivity index (χ3v) is 6.50. The number of carbonyl (C=O) groups is 1. The number of hydrogen-bond acceptors (Lipinski definition) is 6. The van der Waals surface area contributed by atoms with Crippen molar-refractivity contribution in [1.29, 1.82) is 0 Å². The molecule has 0 bridgehead atoms. The van der Waals surface area contributed by atoms with Crippen LogP contribution in [0.1, 0.15) is 28.3 Å². The monoisotopic (exact) mass is 366 g/mol. The Labute approximate surface area is 152 Å². The molecule has 3 aliphatic rings. The minimum atomic E-state index is -0.0497. The number of rotatable bonds is 5. The predicted octanol–water partition coefficient (Wildman–Crippen LogP) is 1.98. The van der Waals surface area contributed by atoms with Gasteiger partial charge in [-0.05, 0) is 25.7 Å². The zero-order valence-electron chi connectivity index (χ0n) is 14.7. The molecule has 6 nitrogen and oxygen atoms in total. The summed E-state index contributed by atoms with van der Waals surface area (Å²) in [7, 11) is 0. The normalized spacial score (nSPS) is 30.0. The molecule has 0 saturated carbocycles. The standard InChI is InChI=1S/C18H26N2O4S/c1-13-19-16(9-25-13)17(21)20-6-15-8-24-12-18(15,10-20)11-23-7-14-2-4-22-5-3-14/h9,14-15H,2-8,10-12H2,1H3/t15-,18-/m1/s1. The van der Waals surface area contributed by atoms with Crippen LogP contribution in [-0.4, -0.2) is 68.5 Å². The second kappa shape index (κ2) is 7.31. The van der Waals surface area contributed by atoms with Crippen molar-refractivity contribution in [2.24, 2.45) is 17.3 Å². The van der Waals surface area contributed by atoms with Crippen molar-refractivity contribution < 1.29 is 19.0 Å². The summed E-state index contributed by atoms with van der Waals surface area (Å²) in [6, 6.07) is 0. The molecule has 7 heteroatoms. The molecule has 1 amide bonds. The SMILES string of the molecule is Cc1nc(C(=O)N2C[C@@H]3COC[C@]3(COCC3CCOCC3)C2)cs1. The molecule has 0 aliphatic carbocycles. The second-order valence-corrected chi connectivity index (χ2v) is 8.64. The van der Waals surface area contributed by atoms with Crippen molar-refractivity contribution in [3.8, 4) is 0 Å². The van der Waals surface area contributed by atoms with E-state index in [0.29, 0.717) is 37.3 Å². The van der Waals surface area contributed by atoms with E-state index in [2.05, 4.69) is 4.98 Å². The van der Waals surface area contributed by atoms with Gasteiger partial charge in [-0.25, -0.2) is 4.98 Å². The van der Waals surface area contributed by atoms with Crippen molar-refractivity contribution >= 4 is 17.2 Å². The van der Waals surface area contributed by atoms with Gasteiger partial charge in [0.25, 0.3) is 5.91 Å². The van der Waals surface area contributed by atoms with Gasteiger partial charge < -0.3 is 19.1 Å². The molecule has 25 heavy (non-hydrogen) atoms. The summed E-state index contributed by atoms with van der Waals surface area (Å²) in [6.07, 6.45) is 2.17. The zero-order chi connectivity index (χ0) is 17.3. The van der Waals surface area contributed by atoms with Gasteiger partial charge in [-0.15, -0.1) is 11.3 Å². The summed E-state index contributed by atoms with van der Waals surface area (Å²) in [5.74, 6) is 1.01. The van der Waals surface area contributed by atoms with Crippen LogP contribution >= 0.6 is 11.3 Å². The van der Waals surface area contributed by atoms with E-state index in [4.69, 9.17) is 14.2 Å². The summed E-state index contributed by atoms with van der Waals surface area (Å²) in [6.45, 7) is 7.95. The topological polar surface area (TPSA) is 60.9 Å². The summed E-state index contributed by atoms with van der Waals surface area (Å²) >= 11 is 1.52. The first kappa shape index (κ1) is 17.4. The number of nitrogens with zero attached hydrogens (tertiary/aromatic N) is 2. The summed E-state index contributed by atoms with van der Waals surface area (Å²) in [5, 5.41) is 2.79. The molecule has 2 atom stereocenters. The quantitative estimate of drug-likeness (QED) is 0.797. The van der Waals surface area contributed by atoms with E-state index in [0.717, 1.165) is 50.8 Å². The molecule has 0 radical (unpaired) electrons. The van der Waals surface area contributed by atoms with E-state index in [1.165, 1.54) is 11.3 Å². The number of fused-ring (bicyclic) bond motifs is 1. The van der Waals surface area contributed by atoms with E-state index in [1.807, 2.05) is 17.2 Å². The Bertz CT molecular complexity index is 616. The fourth-order valence-electron chi connectivity index (χ4n) is 4.16. The summed E-state index contributed by atoms with van der Waals surface area (Å²) < 4.78 is 17.3. The van der Waals surface area contributed by atoms with Gasteiger partial charge in [-0.2, -0.15) is 0 Å². The molecule has 0 unspecified atom stereocenters. The molecule has 0 aromatic carbocycles. The smallest absolute Gasteiger partial charge is 0.273 e. The van der Waals surface area contributed by atoms with Crippen molar-refractivity contribution in [3.63, 3.8) is 0 Å². The molecule has 1 aromatic heterocycles. The molecule has 0 N–H and O–H groups in total. The Balaban J connectivity index is 1.36. The number of likely N-dealkylation sites (tertiary alicyclic amines) is 1. The maximum Gasteiger partial charge on any atom is 0.273 e. The predicted molar refractivity (Wildman–Crippen MR) is 93.9 cm³/mol. The minimum absolute atomic E-state index is 0.0440. The van der Waals surface area contributed by atoms with Gasteiger partial charge in [0.1, 0.15) is 5.69 Å². The van der Waals surface area contributed by atoms with E-state index >= 15 is 0 Å². The van der Waals surface area contributed by atoms with E-state index in [9.17, 15) is 4.79 Å². The van der Waals surface area contributed by atoms with Crippen LogP contribution < -0.4 is 0 Å². The number of thiazole rings is 1. The Kier molecular flexibility index (Phi) is 5.08. The highest BCUT2D eigenvalue weighted by Gasteiger charge is 2.52. The van der Waals surface area contributed by atoms with Crippen LogP contribution in [0.5, 0.6) is 0 Å².